The number of hydrogen-bond acceptors (Lipinski definition) is 4. The minimum atomic E-state index is -0.505. The van der Waals surface area contributed by atoms with Crippen molar-refractivity contribution in [3.8, 4) is 11.5 Å². The maximum absolute atomic E-state index is 13.1. The summed E-state index contributed by atoms with van der Waals surface area (Å²) in [5, 5.41) is 2.78. The lowest BCUT2D eigenvalue weighted by molar-refractivity contribution is -0.112. The van der Waals surface area contributed by atoms with E-state index in [1.807, 2.05) is 6.07 Å². The fourth-order valence-electron chi connectivity index (χ4n) is 2.78. The van der Waals surface area contributed by atoms with E-state index in [1.54, 1.807) is 93.1 Å². The molecule has 3 aromatic carbocycles. The van der Waals surface area contributed by atoms with Gasteiger partial charge in [0.2, 0.25) is 0 Å². The Labute approximate surface area is 169 Å². The standard InChI is InChI=1S/C24H21NO4/c1-28-20-12-6-8-17(14-20)15-22(23(26)18-9-4-3-5-10-18)24(27)25-19-11-7-13-21(16-19)29-2/h3-16H,1-2H3,(H,25,27)/b22-15+. The highest BCUT2D eigenvalue weighted by molar-refractivity contribution is 6.31. The van der Waals surface area contributed by atoms with Crippen molar-refractivity contribution in [3.05, 3.63) is 95.6 Å². The van der Waals surface area contributed by atoms with E-state index in [0.717, 1.165) is 0 Å². The lowest BCUT2D eigenvalue weighted by Gasteiger charge is -2.10. The van der Waals surface area contributed by atoms with Crippen LogP contribution in [0.25, 0.3) is 6.08 Å². The molecule has 0 radical (unpaired) electrons. The number of benzene rings is 3. The van der Waals surface area contributed by atoms with Crippen molar-refractivity contribution in [2.45, 2.75) is 0 Å². The zero-order valence-electron chi connectivity index (χ0n) is 16.2. The number of carbonyl (C=O) groups excluding carboxylic acids is 2. The molecule has 0 aliphatic rings. The van der Waals surface area contributed by atoms with Crippen molar-refractivity contribution in [2.24, 2.45) is 0 Å². The number of rotatable bonds is 7. The van der Waals surface area contributed by atoms with E-state index in [-0.39, 0.29) is 11.4 Å². The molecule has 0 saturated heterocycles. The molecule has 0 aliphatic carbocycles. The number of Topliss-reactive ketones (excluding diaryl/α,β-unsaturated/α-hetero) is 1. The van der Waals surface area contributed by atoms with Crippen LogP contribution in [0.15, 0.2) is 84.4 Å². The number of hydrogen-bond donors (Lipinski definition) is 1. The van der Waals surface area contributed by atoms with E-state index in [2.05, 4.69) is 5.32 Å². The van der Waals surface area contributed by atoms with Gasteiger partial charge < -0.3 is 14.8 Å². The van der Waals surface area contributed by atoms with Gasteiger partial charge in [-0.25, -0.2) is 0 Å². The lowest BCUT2D eigenvalue weighted by Crippen LogP contribution is -2.20. The first-order valence-corrected chi connectivity index (χ1v) is 9.01. The first-order valence-electron chi connectivity index (χ1n) is 9.01. The summed E-state index contributed by atoms with van der Waals surface area (Å²) in [6, 6.07) is 22.8. The van der Waals surface area contributed by atoms with Gasteiger partial charge in [0.25, 0.3) is 5.91 Å². The second-order valence-corrected chi connectivity index (χ2v) is 6.22. The summed E-state index contributed by atoms with van der Waals surface area (Å²) in [7, 11) is 3.11. The van der Waals surface area contributed by atoms with Crippen LogP contribution in [0, 0.1) is 0 Å². The molecule has 3 aromatic rings. The average Bonchev–Trinajstić information content (AvgIpc) is 2.77. The quantitative estimate of drug-likeness (QED) is 0.278. The SMILES string of the molecule is COc1cccc(/C=C(/C(=O)Nc2cccc(OC)c2)C(=O)c2ccccc2)c1. The monoisotopic (exact) mass is 387 g/mol. The van der Waals surface area contributed by atoms with Crippen molar-refractivity contribution in [1.29, 1.82) is 0 Å². The van der Waals surface area contributed by atoms with Gasteiger partial charge in [-0.1, -0.05) is 48.5 Å². The van der Waals surface area contributed by atoms with Gasteiger partial charge in [0, 0.05) is 17.3 Å². The maximum Gasteiger partial charge on any atom is 0.259 e. The molecule has 1 N–H and O–H groups in total. The number of nitrogens with one attached hydrogen (secondary N) is 1. The molecule has 0 saturated carbocycles. The number of ketones is 1. The van der Waals surface area contributed by atoms with E-state index < -0.39 is 5.91 Å². The Bertz CT molecular complexity index is 1040. The van der Waals surface area contributed by atoms with Crippen LogP contribution in [0.3, 0.4) is 0 Å². The van der Waals surface area contributed by atoms with Gasteiger partial charge in [0.15, 0.2) is 5.78 Å². The number of carbonyl (C=O) groups is 2. The molecular weight excluding hydrogens is 366 g/mol. The van der Waals surface area contributed by atoms with Crippen LogP contribution in [0.2, 0.25) is 0 Å². The average molecular weight is 387 g/mol. The van der Waals surface area contributed by atoms with Gasteiger partial charge in [-0.05, 0) is 35.9 Å². The smallest absolute Gasteiger partial charge is 0.259 e. The number of ether oxygens (including phenoxy) is 2. The van der Waals surface area contributed by atoms with Crippen molar-refractivity contribution in [2.75, 3.05) is 19.5 Å². The highest BCUT2D eigenvalue weighted by Gasteiger charge is 2.20. The summed E-state index contributed by atoms with van der Waals surface area (Å²) in [6.45, 7) is 0. The molecule has 0 bridgehead atoms. The summed E-state index contributed by atoms with van der Waals surface area (Å²) in [5.41, 5.74) is 1.67. The Balaban J connectivity index is 1.98. The Morgan fingerprint density at radius 3 is 2.14 bits per heavy atom. The number of anilines is 1. The highest BCUT2D eigenvalue weighted by Crippen LogP contribution is 2.21. The zero-order valence-corrected chi connectivity index (χ0v) is 16.2. The summed E-state index contributed by atoms with van der Waals surface area (Å²) in [4.78, 5) is 26.1. The van der Waals surface area contributed by atoms with E-state index in [4.69, 9.17) is 9.47 Å². The third-order valence-electron chi connectivity index (χ3n) is 4.26. The van der Waals surface area contributed by atoms with E-state index >= 15 is 0 Å². The predicted octanol–water partition coefficient (Wildman–Crippen LogP) is 4.61. The first-order chi connectivity index (χ1) is 14.1. The van der Waals surface area contributed by atoms with Crippen molar-refractivity contribution >= 4 is 23.5 Å². The summed E-state index contributed by atoms with van der Waals surface area (Å²) in [6.07, 6.45) is 1.56. The maximum atomic E-state index is 13.1. The largest absolute Gasteiger partial charge is 0.497 e. The number of methoxy groups -OCH3 is 2. The second kappa shape index (κ2) is 9.37. The minimum absolute atomic E-state index is 0.0206. The Kier molecular flexibility index (Phi) is 6.43. The van der Waals surface area contributed by atoms with Gasteiger partial charge in [-0.15, -0.1) is 0 Å². The Morgan fingerprint density at radius 1 is 0.793 bits per heavy atom. The molecule has 5 nitrogen and oxygen atoms in total. The fraction of sp³-hybridized carbons (Fsp3) is 0.0833. The van der Waals surface area contributed by atoms with Crippen LogP contribution in [-0.4, -0.2) is 25.9 Å². The van der Waals surface area contributed by atoms with Crippen LogP contribution in [0.5, 0.6) is 11.5 Å². The molecule has 0 fully saturated rings. The van der Waals surface area contributed by atoms with Crippen molar-refractivity contribution < 1.29 is 19.1 Å². The van der Waals surface area contributed by atoms with Crippen LogP contribution in [-0.2, 0) is 4.79 Å². The lowest BCUT2D eigenvalue weighted by atomic mass is 10.00. The van der Waals surface area contributed by atoms with Crippen LogP contribution < -0.4 is 14.8 Å². The molecule has 0 aromatic heterocycles. The molecule has 3 rings (SSSR count). The van der Waals surface area contributed by atoms with E-state index in [0.29, 0.717) is 28.3 Å². The normalized spacial score (nSPS) is 10.9. The molecule has 0 heterocycles. The Hall–Kier alpha value is -3.86. The minimum Gasteiger partial charge on any atom is -0.497 e. The van der Waals surface area contributed by atoms with E-state index in [1.165, 1.54) is 0 Å². The van der Waals surface area contributed by atoms with Gasteiger partial charge in [-0.3, -0.25) is 9.59 Å². The predicted molar refractivity (Wildman–Crippen MR) is 113 cm³/mol. The highest BCUT2D eigenvalue weighted by atomic mass is 16.5. The van der Waals surface area contributed by atoms with Crippen molar-refractivity contribution in [1.82, 2.24) is 0 Å². The second-order valence-electron chi connectivity index (χ2n) is 6.22. The Morgan fingerprint density at radius 2 is 1.45 bits per heavy atom. The van der Waals surface area contributed by atoms with Gasteiger partial charge in [0.1, 0.15) is 11.5 Å². The third kappa shape index (κ3) is 5.11. The molecule has 29 heavy (non-hydrogen) atoms. The van der Waals surface area contributed by atoms with Crippen molar-refractivity contribution in [3.63, 3.8) is 0 Å². The number of amides is 1. The molecule has 0 unspecified atom stereocenters. The van der Waals surface area contributed by atoms with E-state index in [9.17, 15) is 9.59 Å². The van der Waals surface area contributed by atoms with Crippen LogP contribution in [0.4, 0.5) is 5.69 Å². The summed E-state index contributed by atoms with van der Waals surface area (Å²) < 4.78 is 10.4. The molecule has 0 spiro atoms. The van der Waals surface area contributed by atoms with Gasteiger partial charge >= 0.3 is 0 Å². The molecule has 5 heteroatoms. The molecule has 146 valence electrons. The third-order valence-corrected chi connectivity index (χ3v) is 4.26. The molecule has 1 amide bonds. The summed E-state index contributed by atoms with van der Waals surface area (Å²) >= 11 is 0. The van der Waals surface area contributed by atoms with Gasteiger partial charge in [0.05, 0.1) is 19.8 Å². The topological polar surface area (TPSA) is 64.6 Å². The molecular formula is C24H21NO4. The first kappa shape index (κ1) is 19.9. The molecule has 0 atom stereocenters. The summed E-state index contributed by atoms with van der Waals surface area (Å²) in [5.74, 6) is 0.373. The molecule has 0 aliphatic heterocycles. The zero-order chi connectivity index (χ0) is 20.6. The fourth-order valence-corrected chi connectivity index (χ4v) is 2.78. The van der Waals surface area contributed by atoms with Crippen LogP contribution in [0.1, 0.15) is 15.9 Å². The van der Waals surface area contributed by atoms with Crippen LogP contribution >= 0.6 is 0 Å². The van der Waals surface area contributed by atoms with Gasteiger partial charge in [-0.2, -0.15) is 0 Å².